The average Bonchev–Trinajstić information content (AvgIpc) is 2.77. The van der Waals surface area contributed by atoms with E-state index in [9.17, 15) is 4.79 Å². The Balaban J connectivity index is 1.92. The number of nitrogens with one attached hydrogen (secondary N) is 1. The van der Waals surface area contributed by atoms with Crippen molar-refractivity contribution in [2.75, 3.05) is 18.5 Å². The van der Waals surface area contributed by atoms with Gasteiger partial charge in [0.15, 0.2) is 5.13 Å². The molecule has 0 radical (unpaired) electrons. The first-order valence-corrected chi connectivity index (χ1v) is 6.43. The van der Waals surface area contributed by atoms with E-state index in [0.717, 1.165) is 37.4 Å². The molecule has 0 aliphatic carbocycles. The molecule has 0 spiro atoms. The van der Waals surface area contributed by atoms with Crippen molar-refractivity contribution in [2.24, 2.45) is 17.5 Å². The molecule has 1 aliphatic rings. The zero-order valence-corrected chi connectivity index (χ0v) is 10.4. The van der Waals surface area contributed by atoms with E-state index in [1.165, 1.54) is 11.3 Å². The highest BCUT2D eigenvalue weighted by Crippen LogP contribution is 2.22. The maximum absolute atomic E-state index is 11.2. The van der Waals surface area contributed by atoms with Crippen LogP contribution in [0.1, 0.15) is 17.7 Å². The normalized spacial score (nSPS) is 21.4. The first-order chi connectivity index (χ1) is 8.19. The van der Waals surface area contributed by atoms with Crippen LogP contribution >= 0.6 is 11.3 Å². The molecule has 1 fully saturated rings. The van der Waals surface area contributed by atoms with Gasteiger partial charge in [-0.1, -0.05) is 11.3 Å². The van der Waals surface area contributed by atoms with Gasteiger partial charge >= 0.3 is 0 Å². The molecule has 7 heteroatoms. The van der Waals surface area contributed by atoms with Crippen LogP contribution in [0.15, 0.2) is 6.20 Å². The molecule has 1 atom stereocenters. The van der Waals surface area contributed by atoms with Crippen LogP contribution in [0.5, 0.6) is 0 Å². The number of anilines is 1. The molecule has 0 saturated carbocycles. The summed E-state index contributed by atoms with van der Waals surface area (Å²) in [6.07, 6.45) is 3.74. The summed E-state index contributed by atoms with van der Waals surface area (Å²) >= 11 is 1.53. The number of hydrogen-bond donors (Lipinski definition) is 3. The number of amides is 1. The Morgan fingerprint density at radius 3 is 3.18 bits per heavy atom. The quantitative estimate of drug-likeness (QED) is 0.524. The topological polar surface area (TPSA) is 97.3 Å². The Kier molecular flexibility index (Phi) is 3.93. The van der Waals surface area contributed by atoms with Gasteiger partial charge in [0.25, 0.3) is 0 Å². The Morgan fingerprint density at radius 2 is 2.53 bits per heavy atom. The van der Waals surface area contributed by atoms with Crippen LogP contribution in [-0.4, -0.2) is 28.9 Å². The van der Waals surface area contributed by atoms with Gasteiger partial charge in [0.2, 0.25) is 5.91 Å². The number of nitrogens with two attached hydrogens (primary N) is 2. The van der Waals surface area contributed by atoms with E-state index in [2.05, 4.69) is 15.3 Å². The molecule has 1 aromatic rings. The van der Waals surface area contributed by atoms with Crippen molar-refractivity contribution in [1.29, 1.82) is 0 Å². The van der Waals surface area contributed by atoms with Gasteiger partial charge in [0.05, 0.1) is 5.92 Å². The molecule has 0 bridgehead atoms. The molecular formula is C10H17N5OS. The maximum Gasteiger partial charge on any atom is 0.221 e. The number of rotatable bonds is 4. The largest absolute Gasteiger partial charge is 0.369 e. The zero-order valence-electron chi connectivity index (χ0n) is 9.56. The van der Waals surface area contributed by atoms with Crippen molar-refractivity contribution in [3.05, 3.63) is 11.1 Å². The van der Waals surface area contributed by atoms with Crippen molar-refractivity contribution in [3.63, 3.8) is 0 Å². The first kappa shape index (κ1) is 12.3. The summed E-state index contributed by atoms with van der Waals surface area (Å²) in [5, 5.41) is 0.712. The molecule has 0 aromatic carbocycles. The lowest BCUT2D eigenvalue weighted by atomic mass is 9.97. The average molecular weight is 255 g/mol. The molecule has 2 rings (SSSR count). The molecule has 1 amide bonds. The molecule has 94 valence electrons. The highest BCUT2D eigenvalue weighted by molar-refractivity contribution is 7.15. The van der Waals surface area contributed by atoms with Crippen molar-refractivity contribution < 1.29 is 4.79 Å². The van der Waals surface area contributed by atoms with E-state index in [-0.39, 0.29) is 11.8 Å². The van der Waals surface area contributed by atoms with E-state index >= 15 is 0 Å². The highest BCUT2D eigenvalue weighted by Gasteiger charge is 2.24. The van der Waals surface area contributed by atoms with Crippen LogP contribution in [0.25, 0.3) is 0 Å². The number of piperidine rings is 1. The molecule has 1 unspecified atom stereocenters. The first-order valence-electron chi connectivity index (χ1n) is 5.62. The lowest BCUT2D eigenvalue weighted by Gasteiger charge is -2.30. The molecular weight excluding hydrogens is 238 g/mol. The van der Waals surface area contributed by atoms with Crippen molar-refractivity contribution in [1.82, 2.24) is 9.88 Å². The summed E-state index contributed by atoms with van der Waals surface area (Å²) in [6.45, 7) is 2.56. The summed E-state index contributed by atoms with van der Waals surface area (Å²) in [6, 6.07) is 0. The molecule has 17 heavy (non-hydrogen) atoms. The number of primary amides is 1. The van der Waals surface area contributed by atoms with Gasteiger partial charge in [-0.2, -0.15) is 0 Å². The standard InChI is InChI=1S/C10H17N5OS/c11-9(16)7-2-1-3-15(5-7)6-8-4-13-10(14-12)17-8/h4,7H,1-3,5-6,12H2,(H2,11,16)(H,13,14). The van der Waals surface area contributed by atoms with Gasteiger partial charge < -0.3 is 5.73 Å². The minimum absolute atomic E-state index is 0.0104. The number of hydrogen-bond acceptors (Lipinski definition) is 6. The fourth-order valence-corrected chi connectivity index (χ4v) is 2.86. The zero-order chi connectivity index (χ0) is 12.3. The van der Waals surface area contributed by atoms with Crippen LogP contribution in [0.2, 0.25) is 0 Å². The number of carbonyl (C=O) groups is 1. The number of nitrogen functional groups attached to an aromatic ring is 1. The third-order valence-corrected chi connectivity index (χ3v) is 3.88. The second kappa shape index (κ2) is 5.44. The van der Waals surface area contributed by atoms with Gasteiger partial charge in [-0.25, -0.2) is 10.8 Å². The van der Waals surface area contributed by atoms with Crippen molar-refractivity contribution >= 4 is 22.4 Å². The smallest absolute Gasteiger partial charge is 0.221 e. The van der Waals surface area contributed by atoms with E-state index in [4.69, 9.17) is 11.6 Å². The van der Waals surface area contributed by atoms with Crippen LogP contribution in [0.4, 0.5) is 5.13 Å². The van der Waals surface area contributed by atoms with Crippen LogP contribution in [0, 0.1) is 5.92 Å². The van der Waals surface area contributed by atoms with Gasteiger partial charge in [0, 0.05) is 24.2 Å². The number of hydrazine groups is 1. The highest BCUT2D eigenvalue weighted by atomic mass is 32.1. The molecule has 1 aromatic heterocycles. The predicted molar refractivity (Wildman–Crippen MR) is 67.1 cm³/mol. The van der Waals surface area contributed by atoms with Gasteiger partial charge in [-0.15, -0.1) is 0 Å². The lowest BCUT2D eigenvalue weighted by Crippen LogP contribution is -2.40. The van der Waals surface area contributed by atoms with Gasteiger partial charge in [0.1, 0.15) is 0 Å². The van der Waals surface area contributed by atoms with Crippen LogP contribution in [0.3, 0.4) is 0 Å². The molecule has 2 heterocycles. The number of nitrogens with zero attached hydrogens (tertiary/aromatic N) is 2. The maximum atomic E-state index is 11.2. The van der Waals surface area contributed by atoms with Crippen LogP contribution < -0.4 is 17.0 Å². The number of aromatic nitrogens is 1. The van der Waals surface area contributed by atoms with Crippen LogP contribution in [-0.2, 0) is 11.3 Å². The number of thiazole rings is 1. The molecule has 1 aliphatic heterocycles. The second-order valence-electron chi connectivity index (χ2n) is 4.25. The molecule has 5 N–H and O–H groups in total. The minimum atomic E-state index is -0.191. The molecule has 1 saturated heterocycles. The number of carbonyl (C=O) groups excluding carboxylic acids is 1. The van der Waals surface area contributed by atoms with E-state index in [1.54, 1.807) is 0 Å². The minimum Gasteiger partial charge on any atom is -0.369 e. The van der Waals surface area contributed by atoms with Gasteiger partial charge in [-0.05, 0) is 19.4 Å². The van der Waals surface area contributed by atoms with Gasteiger partial charge in [-0.3, -0.25) is 15.1 Å². The third-order valence-electron chi connectivity index (χ3n) is 2.96. The fraction of sp³-hybridized carbons (Fsp3) is 0.600. The van der Waals surface area contributed by atoms with E-state index in [0.29, 0.717) is 5.13 Å². The summed E-state index contributed by atoms with van der Waals surface area (Å²) in [4.78, 5) is 18.7. The Labute approximate surface area is 104 Å². The molecule has 6 nitrogen and oxygen atoms in total. The fourth-order valence-electron chi connectivity index (χ4n) is 2.10. The summed E-state index contributed by atoms with van der Waals surface area (Å²) < 4.78 is 0. The SMILES string of the molecule is NNc1ncc(CN2CCCC(C(N)=O)C2)s1. The Bertz CT molecular complexity index is 394. The summed E-state index contributed by atoms with van der Waals surface area (Å²) in [5.74, 6) is 5.08. The predicted octanol–water partition coefficient (Wildman–Crippen LogP) is 0.126. The Morgan fingerprint density at radius 1 is 1.71 bits per heavy atom. The lowest BCUT2D eigenvalue weighted by molar-refractivity contribution is -0.123. The third kappa shape index (κ3) is 3.15. The second-order valence-corrected chi connectivity index (χ2v) is 5.37. The van der Waals surface area contributed by atoms with Crippen molar-refractivity contribution in [2.45, 2.75) is 19.4 Å². The number of likely N-dealkylation sites (tertiary alicyclic amines) is 1. The van der Waals surface area contributed by atoms with Crippen molar-refractivity contribution in [3.8, 4) is 0 Å². The van der Waals surface area contributed by atoms with E-state index < -0.39 is 0 Å². The summed E-state index contributed by atoms with van der Waals surface area (Å²) in [5.41, 5.74) is 7.87. The summed E-state index contributed by atoms with van der Waals surface area (Å²) in [7, 11) is 0. The Hall–Kier alpha value is -1.18. The van der Waals surface area contributed by atoms with E-state index in [1.807, 2.05) is 6.20 Å². The monoisotopic (exact) mass is 255 g/mol.